The van der Waals surface area contributed by atoms with Gasteiger partial charge in [-0.15, -0.1) is 10.2 Å². The number of anilines is 1. The molecule has 0 bridgehead atoms. The van der Waals surface area contributed by atoms with E-state index in [0.29, 0.717) is 24.8 Å². The number of nitrogens with zero attached hydrogens (tertiary/aromatic N) is 2. The van der Waals surface area contributed by atoms with Crippen LogP contribution in [0.2, 0.25) is 0 Å². The maximum atomic E-state index is 5.85. The van der Waals surface area contributed by atoms with Gasteiger partial charge in [-0.05, 0) is 36.3 Å². The molecule has 0 aliphatic carbocycles. The van der Waals surface area contributed by atoms with E-state index in [-0.39, 0.29) is 0 Å². The van der Waals surface area contributed by atoms with Gasteiger partial charge in [0.15, 0.2) is 0 Å². The highest BCUT2D eigenvalue weighted by Gasteiger charge is 2.18. The number of aromatic nitrogens is 2. The summed E-state index contributed by atoms with van der Waals surface area (Å²) in [5.74, 6) is 2.00. The summed E-state index contributed by atoms with van der Waals surface area (Å²) in [6, 6.07) is 13.7. The van der Waals surface area contributed by atoms with Gasteiger partial charge < -0.3 is 14.9 Å². The van der Waals surface area contributed by atoms with E-state index in [4.69, 9.17) is 14.9 Å². The summed E-state index contributed by atoms with van der Waals surface area (Å²) in [6.45, 7) is 2.47. The Morgan fingerprint density at radius 3 is 2.75 bits per heavy atom. The molecule has 0 spiro atoms. The highest BCUT2D eigenvalue weighted by atomic mass is 16.5. The molecule has 0 saturated carbocycles. The summed E-state index contributed by atoms with van der Waals surface area (Å²) in [6.07, 6.45) is 2.63. The number of aryl methyl sites for hydroxylation is 1. The summed E-state index contributed by atoms with van der Waals surface area (Å²) in [4.78, 5) is 0. The number of para-hydroxylation sites is 1. The molecule has 1 aromatic heterocycles. The number of ether oxygens (including phenoxy) is 1. The second-order valence-electron chi connectivity index (χ2n) is 5.87. The molecule has 0 fully saturated rings. The van der Waals surface area contributed by atoms with E-state index in [1.165, 1.54) is 0 Å². The van der Waals surface area contributed by atoms with Crippen molar-refractivity contribution in [3.63, 3.8) is 0 Å². The number of hydrogen-bond donors (Lipinski definition) is 1. The second kappa shape index (κ2) is 5.85. The summed E-state index contributed by atoms with van der Waals surface area (Å²) in [5, 5.41) is 8.30. The third-order valence-corrected chi connectivity index (χ3v) is 4.02. The monoisotopic (exact) mass is 319 g/mol. The van der Waals surface area contributed by atoms with Gasteiger partial charge in [0.05, 0.1) is 12.0 Å². The maximum absolute atomic E-state index is 5.85. The van der Waals surface area contributed by atoms with Crippen molar-refractivity contribution >= 4 is 17.3 Å². The lowest BCUT2D eigenvalue weighted by Crippen LogP contribution is -2.08. The van der Waals surface area contributed by atoms with Gasteiger partial charge in [-0.2, -0.15) is 0 Å². The highest BCUT2D eigenvalue weighted by Crippen LogP contribution is 2.32. The predicted octanol–water partition coefficient (Wildman–Crippen LogP) is 3.48. The van der Waals surface area contributed by atoms with Gasteiger partial charge in [-0.25, -0.2) is 0 Å². The summed E-state index contributed by atoms with van der Waals surface area (Å²) in [5.41, 5.74) is 10.6. The minimum atomic E-state index is 0.432. The number of fused-ring (bicyclic) bond motifs is 1. The van der Waals surface area contributed by atoms with Crippen LogP contribution in [0.15, 0.2) is 46.9 Å². The van der Waals surface area contributed by atoms with Gasteiger partial charge in [0.25, 0.3) is 0 Å². The maximum Gasteiger partial charge on any atom is 0.247 e. The van der Waals surface area contributed by atoms with Crippen molar-refractivity contribution in [1.82, 2.24) is 10.2 Å². The molecule has 5 nitrogen and oxygen atoms in total. The zero-order valence-electron chi connectivity index (χ0n) is 13.3. The Hall–Kier alpha value is -3.08. The molecule has 4 rings (SSSR count). The van der Waals surface area contributed by atoms with Crippen LogP contribution in [0.25, 0.3) is 11.6 Å². The first-order valence-electron chi connectivity index (χ1n) is 7.79. The van der Waals surface area contributed by atoms with Gasteiger partial charge in [0, 0.05) is 11.3 Å². The molecule has 0 unspecified atom stereocenters. The average molecular weight is 319 g/mol. The van der Waals surface area contributed by atoms with Crippen LogP contribution < -0.4 is 10.5 Å². The fraction of sp³-hybridized carbons (Fsp3) is 0.158. The molecule has 1 aliphatic heterocycles. The lowest BCUT2D eigenvalue weighted by molar-refractivity contribution is 0.357. The van der Waals surface area contributed by atoms with E-state index in [2.05, 4.69) is 10.2 Å². The fourth-order valence-corrected chi connectivity index (χ4v) is 2.75. The van der Waals surface area contributed by atoms with E-state index in [0.717, 1.165) is 33.7 Å². The second-order valence-corrected chi connectivity index (χ2v) is 5.87. The van der Waals surface area contributed by atoms with Gasteiger partial charge >= 0.3 is 0 Å². The third kappa shape index (κ3) is 2.76. The van der Waals surface area contributed by atoms with Crippen LogP contribution in [0.3, 0.4) is 0 Å². The summed E-state index contributed by atoms with van der Waals surface area (Å²) < 4.78 is 11.7. The first-order valence-corrected chi connectivity index (χ1v) is 7.79. The van der Waals surface area contributed by atoms with Crippen LogP contribution in [0.1, 0.15) is 28.5 Å². The van der Waals surface area contributed by atoms with Crippen molar-refractivity contribution in [2.45, 2.75) is 13.3 Å². The molecule has 3 aromatic rings. The molecule has 2 N–H and O–H groups in total. The Morgan fingerprint density at radius 2 is 1.92 bits per heavy atom. The van der Waals surface area contributed by atoms with Gasteiger partial charge in [0.2, 0.25) is 11.8 Å². The van der Waals surface area contributed by atoms with Crippen LogP contribution in [-0.4, -0.2) is 16.8 Å². The Labute approximate surface area is 139 Å². The molecule has 24 heavy (non-hydrogen) atoms. The standard InChI is InChI=1S/C19H17N3O2/c1-12-3-2-4-14-10-15(11-23-18(12)14)19-22-21-17(24-19)9-13-5-7-16(20)8-6-13/h2-8,10H,9,11,20H2,1H3. The summed E-state index contributed by atoms with van der Waals surface area (Å²) >= 11 is 0. The zero-order chi connectivity index (χ0) is 16.5. The van der Waals surface area contributed by atoms with Crippen molar-refractivity contribution in [1.29, 1.82) is 0 Å². The van der Waals surface area contributed by atoms with E-state index < -0.39 is 0 Å². The third-order valence-electron chi connectivity index (χ3n) is 4.02. The van der Waals surface area contributed by atoms with Crippen molar-refractivity contribution in [2.24, 2.45) is 0 Å². The van der Waals surface area contributed by atoms with Crippen molar-refractivity contribution in [3.05, 3.63) is 70.9 Å². The lowest BCUT2D eigenvalue weighted by atomic mass is 10.0. The van der Waals surface area contributed by atoms with E-state index in [1.807, 2.05) is 55.5 Å². The molecular formula is C19H17N3O2. The lowest BCUT2D eigenvalue weighted by Gasteiger charge is -2.17. The van der Waals surface area contributed by atoms with Crippen molar-refractivity contribution in [2.75, 3.05) is 12.3 Å². The Kier molecular flexibility index (Phi) is 3.54. The largest absolute Gasteiger partial charge is 0.488 e. The minimum absolute atomic E-state index is 0.432. The first kappa shape index (κ1) is 14.5. The van der Waals surface area contributed by atoms with E-state index in [1.54, 1.807) is 0 Å². The van der Waals surface area contributed by atoms with Gasteiger partial charge in [-0.1, -0.05) is 30.3 Å². The molecule has 0 atom stereocenters. The van der Waals surface area contributed by atoms with Crippen molar-refractivity contribution in [3.8, 4) is 5.75 Å². The smallest absolute Gasteiger partial charge is 0.247 e. The highest BCUT2D eigenvalue weighted by molar-refractivity contribution is 5.83. The van der Waals surface area contributed by atoms with Crippen LogP contribution in [0.4, 0.5) is 5.69 Å². The van der Waals surface area contributed by atoms with E-state index in [9.17, 15) is 0 Å². The molecule has 5 heteroatoms. The van der Waals surface area contributed by atoms with Crippen LogP contribution >= 0.6 is 0 Å². The Bertz CT molecular complexity index is 911. The average Bonchev–Trinajstić information content (AvgIpc) is 3.05. The molecule has 2 heterocycles. The van der Waals surface area contributed by atoms with Gasteiger partial charge in [0.1, 0.15) is 12.4 Å². The molecule has 1 aliphatic rings. The normalized spacial score (nSPS) is 13.1. The van der Waals surface area contributed by atoms with Crippen LogP contribution in [0.5, 0.6) is 5.75 Å². The molecule has 0 radical (unpaired) electrons. The Morgan fingerprint density at radius 1 is 1.08 bits per heavy atom. The number of nitrogens with two attached hydrogens (primary N) is 1. The van der Waals surface area contributed by atoms with E-state index >= 15 is 0 Å². The molecular weight excluding hydrogens is 302 g/mol. The first-order chi connectivity index (χ1) is 11.7. The minimum Gasteiger partial charge on any atom is -0.488 e. The predicted molar refractivity (Wildman–Crippen MR) is 92.5 cm³/mol. The number of rotatable bonds is 3. The van der Waals surface area contributed by atoms with Crippen molar-refractivity contribution < 1.29 is 9.15 Å². The fourth-order valence-electron chi connectivity index (χ4n) is 2.75. The number of nitrogen functional groups attached to an aromatic ring is 1. The zero-order valence-corrected chi connectivity index (χ0v) is 13.3. The Balaban J connectivity index is 1.58. The quantitative estimate of drug-likeness (QED) is 0.748. The van der Waals surface area contributed by atoms with Gasteiger partial charge in [-0.3, -0.25) is 0 Å². The SMILES string of the molecule is Cc1cccc2c1OCC(c1nnc(Cc3ccc(N)cc3)o1)=C2. The van der Waals surface area contributed by atoms with Crippen LogP contribution in [0, 0.1) is 6.92 Å². The molecule has 2 aromatic carbocycles. The topological polar surface area (TPSA) is 74.2 Å². The summed E-state index contributed by atoms with van der Waals surface area (Å²) in [7, 11) is 0. The molecule has 0 amide bonds. The molecule has 0 saturated heterocycles. The number of hydrogen-bond acceptors (Lipinski definition) is 5. The number of benzene rings is 2. The molecule has 120 valence electrons. The van der Waals surface area contributed by atoms with Crippen LogP contribution in [-0.2, 0) is 6.42 Å².